The number of aliphatic hydroxyl groups excluding tert-OH is 1. The summed E-state index contributed by atoms with van der Waals surface area (Å²) in [5, 5.41) is 16.4. The average molecular weight is 473 g/mol. The fourth-order valence-corrected chi connectivity index (χ4v) is 4.11. The highest BCUT2D eigenvalue weighted by molar-refractivity contribution is 9.10. The monoisotopic (exact) mass is 472 g/mol. The summed E-state index contributed by atoms with van der Waals surface area (Å²) in [6.07, 6.45) is 3.49. The zero-order chi connectivity index (χ0) is 21.1. The standard InChI is InChI=1S/C21H25BrN6O2/c1-13(12-29)24-15-6-9-28(10-7-15)21-26-17-5-8-23-20(30)18(17)19(27-21)25-16-4-2-3-14(22)11-16/h2-5,8,11,13,15,24,29H,6-7,9-10,12H2,1H3,(H,23,30)(H,25,26,27)/t13-/m0/s1. The van der Waals surface area contributed by atoms with E-state index >= 15 is 0 Å². The summed E-state index contributed by atoms with van der Waals surface area (Å²) >= 11 is 3.47. The third-order valence-corrected chi connectivity index (χ3v) is 5.76. The lowest BCUT2D eigenvalue weighted by molar-refractivity contribution is 0.233. The molecule has 0 aliphatic carbocycles. The summed E-state index contributed by atoms with van der Waals surface area (Å²) < 4.78 is 0.937. The second kappa shape index (κ2) is 9.11. The van der Waals surface area contributed by atoms with Gasteiger partial charge in [-0.2, -0.15) is 4.98 Å². The summed E-state index contributed by atoms with van der Waals surface area (Å²) in [6, 6.07) is 9.98. The highest BCUT2D eigenvalue weighted by Crippen LogP contribution is 2.26. The molecule has 0 spiro atoms. The first kappa shape index (κ1) is 20.8. The number of hydrogen-bond acceptors (Lipinski definition) is 7. The molecule has 4 rings (SSSR count). The van der Waals surface area contributed by atoms with Gasteiger partial charge in [0.15, 0.2) is 0 Å². The Kier molecular flexibility index (Phi) is 6.31. The molecule has 1 aromatic carbocycles. The van der Waals surface area contributed by atoms with Crippen LogP contribution in [0.3, 0.4) is 0 Å². The summed E-state index contributed by atoms with van der Waals surface area (Å²) in [5.41, 5.74) is 1.22. The van der Waals surface area contributed by atoms with Crippen LogP contribution in [-0.2, 0) is 0 Å². The van der Waals surface area contributed by atoms with E-state index in [9.17, 15) is 9.90 Å². The van der Waals surface area contributed by atoms with Crippen molar-refractivity contribution in [1.82, 2.24) is 20.3 Å². The molecule has 3 aromatic rings. The highest BCUT2D eigenvalue weighted by atomic mass is 79.9. The molecule has 0 bridgehead atoms. The number of aromatic amines is 1. The SMILES string of the molecule is C[C@@H](CO)NC1CCN(c2nc(Nc3cccc(Br)c3)c3c(=O)[nH]ccc3n2)CC1. The van der Waals surface area contributed by atoms with Gasteiger partial charge in [0.1, 0.15) is 11.2 Å². The fraction of sp³-hybridized carbons (Fsp3) is 0.381. The van der Waals surface area contributed by atoms with Gasteiger partial charge in [-0.05, 0) is 44.0 Å². The number of anilines is 3. The molecule has 1 fully saturated rings. The van der Waals surface area contributed by atoms with Gasteiger partial charge in [-0.15, -0.1) is 0 Å². The molecule has 0 unspecified atom stereocenters. The van der Waals surface area contributed by atoms with Crippen molar-refractivity contribution in [3.63, 3.8) is 0 Å². The van der Waals surface area contributed by atoms with E-state index in [2.05, 4.69) is 41.4 Å². The van der Waals surface area contributed by atoms with Gasteiger partial charge in [-0.25, -0.2) is 4.98 Å². The van der Waals surface area contributed by atoms with Crippen molar-refractivity contribution in [2.45, 2.75) is 31.8 Å². The second-order valence-corrected chi connectivity index (χ2v) is 8.50. The molecule has 0 amide bonds. The van der Waals surface area contributed by atoms with Crippen molar-refractivity contribution < 1.29 is 5.11 Å². The number of halogens is 1. The minimum atomic E-state index is -0.225. The normalized spacial score (nSPS) is 16.0. The molecule has 1 aliphatic heterocycles. The zero-order valence-corrected chi connectivity index (χ0v) is 18.3. The summed E-state index contributed by atoms with van der Waals surface area (Å²) in [6.45, 7) is 3.73. The molecule has 30 heavy (non-hydrogen) atoms. The lowest BCUT2D eigenvalue weighted by Crippen LogP contribution is -2.46. The Morgan fingerprint density at radius 1 is 1.30 bits per heavy atom. The second-order valence-electron chi connectivity index (χ2n) is 7.59. The number of pyridine rings is 1. The summed E-state index contributed by atoms with van der Waals surface area (Å²) in [7, 11) is 0. The maximum absolute atomic E-state index is 12.5. The lowest BCUT2D eigenvalue weighted by Gasteiger charge is -2.34. The number of H-pyrrole nitrogens is 1. The minimum absolute atomic E-state index is 0.0891. The number of rotatable bonds is 6. The van der Waals surface area contributed by atoms with Gasteiger partial charge in [0, 0.05) is 41.5 Å². The summed E-state index contributed by atoms with van der Waals surface area (Å²) in [4.78, 5) is 26.7. The van der Waals surface area contributed by atoms with Crippen LogP contribution >= 0.6 is 15.9 Å². The first-order chi connectivity index (χ1) is 14.5. The Balaban J connectivity index is 1.63. The van der Waals surface area contributed by atoms with E-state index in [1.165, 1.54) is 0 Å². The first-order valence-corrected chi connectivity index (χ1v) is 10.9. The van der Waals surface area contributed by atoms with Crippen LogP contribution in [0.1, 0.15) is 19.8 Å². The van der Waals surface area contributed by atoms with Crippen LogP contribution in [0.25, 0.3) is 10.9 Å². The summed E-state index contributed by atoms with van der Waals surface area (Å²) in [5.74, 6) is 1.10. The van der Waals surface area contributed by atoms with E-state index in [0.717, 1.165) is 36.1 Å². The maximum Gasteiger partial charge on any atom is 0.261 e. The number of hydrogen-bond donors (Lipinski definition) is 4. The van der Waals surface area contributed by atoms with E-state index in [4.69, 9.17) is 4.98 Å². The van der Waals surface area contributed by atoms with Crippen LogP contribution in [0.4, 0.5) is 17.5 Å². The maximum atomic E-state index is 12.5. The van der Waals surface area contributed by atoms with Gasteiger partial charge in [0.05, 0.1) is 12.1 Å². The van der Waals surface area contributed by atoms with E-state index in [0.29, 0.717) is 28.7 Å². The van der Waals surface area contributed by atoms with Crippen molar-refractivity contribution in [3.8, 4) is 0 Å². The molecule has 3 heterocycles. The number of piperidine rings is 1. The van der Waals surface area contributed by atoms with Crippen molar-refractivity contribution in [3.05, 3.63) is 51.4 Å². The Morgan fingerprint density at radius 2 is 2.10 bits per heavy atom. The van der Waals surface area contributed by atoms with Crippen LogP contribution in [0.5, 0.6) is 0 Å². The van der Waals surface area contributed by atoms with Gasteiger partial charge < -0.3 is 25.6 Å². The van der Waals surface area contributed by atoms with E-state index in [-0.39, 0.29) is 18.2 Å². The third kappa shape index (κ3) is 4.63. The van der Waals surface area contributed by atoms with Gasteiger partial charge in [0.25, 0.3) is 5.56 Å². The molecule has 0 saturated carbocycles. The number of aromatic nitrogens is 3. The Bertz CT molecular complexity index is 1080. The number of fused-ring (bicyclic) bond motifs is 1. The number of nitrogens with one attached hydrogen (secondary N) is 3. The molecule has 4 N–H and O–H groups in total. The molecule has 1 atom stereocenters. The largest absolute Gasteiger partial charge is 0.395 e. The molecule has 158 valence electrons. The Hall–Kier alpha value is -2.49. The Morgan fingerprint density at radius 3 is 2.83 bits per heavy atom. The van der Waals surface area contributed by atoms with Gasteiger partial charge in [-0.1, -0.05) is 22.0 Å². The van der Waals surface area contributed by atoms with Gasteiger partial charge in [0.2, 0.25) is 5.95 Å². The van der Waals surface area contributed by atoms with E-state index in [1.54, 1.807) is 12.3 Å². The third-order valence-electron chi connectivity index (χ3n) is 5.27. The predicted molar refractivity (Wildman–Crippen MR) is 123 cm³/mol. The molecule has 1 aliphatic rings. The molecule has 9 heteroatoms. The number of benzene rings is 1. The lowest BCUT2D eigenvalue weighted by atomic mass is 10.0. The van der Waals surface area contributed by atoms with Crippen LogP contribution in [-0.4, -0.2) is 51.8 Å². The minimum Gasteiger partial charge on any atom is -0.395 e. The highest BCUT2D eigenvalue weighted by Gasteiger charge is 2.23. The van der Waals surface area contributed by atoms with Crippen LogP contribution < -0.4 is 21.1 Å². The molecular formula is C21H25BrN6O2. The molecule has 8 nitrogen and oxygen atoms in total. The zero-order valence-electron chi connectivity index (χ0n) is 16.7. The van der Waals surface area contributed by atoms with Crippen LogP contribution in [0.2, 0.25) is 0 Å². The van der Waals surface area contributed by atoms with Crippen molar-refractivity contribution in [1.29, 1.82) is 0 Å². The topological polar surface area (TPSA) is 106 Å². The molecule has 1 saturated heterocycles. The predicted octanol–water partition coefficient (Wildman–Crippen LogP) is 2.76. The average Bonchev–Trinajstić information content (AvgIpc) is 2.74. The molecule has 0 radical (unpaired) electrons. The molecular weight excluding hydrogens is 448 g/mol. The van der Waals surface area contributed by atoms with Gasteiger partial charge in [-0.3, -0.25) is 4.79 Å². The van der Waals surface area contributed by atoms with Crippen molar-refractivity contribution in [2.75, 3.05) is 29.9 Å². The van der Waals surface area contributed by atoms with Crippen molar-refractivity contribution >= 4 is 44.3 Å². The number of nitrogens with zero attached hydrogens (tertiary/aromatic N) is 3. The van der Waals surface area contributed by atoms with Crippen LogP contribution in [0.15, 0.2) is 45.8 Å². The van der Waals surface area contributed by atoms with Crippen molar-refractivity contribution in [2.24, 2.45) is 0 Å². The van der Waals surface area contributed by atoms with Gasteiger partial charge >= 0.3 is 0 Å². The van der Waals surface area contributed by atoms with E-state index < -0.39 is 0 Å². The smallest absolute Gasteiger partial charge is 0.261 e. The number of aliphatic hydroxyl groups is 1. The molecule has 2 aromatic heterocycles. The quantitative estimate of drug-likeness (QED) is 0.436. The van der Waals surface area contributed by atoms with E-state index in [1.807, 2.05) is 31.2 Å². The van der Waals surface area contributed by atoms with Crippen LogP contribution in [0, 0.1) is 0 Å². The fourth-order valence-electron chi connectivity index (χ4n) is 3.71. The Labute approximate surface area is 182 Å². The first-order valence-electron chi connectivity index (χ1n) is 10.1.